The Morgan fingerprint density at radius 2 is 2.19 bits per heavy atom. The molecule has 2 heterocycles. The summed E-state index contributed by atoms with van der Waals surface area (Å²) in [6.45, 7) is 4.67. The molecule has 0 bridgehead atoms. The number of aryl methyl sites for hydroxylation is 1. The molecule has 0 saturated carbocycles. The molecule has 1 unspecified atom stereocenters. The number of carbonyl (C=O) groups excluding carboxylic acids is 1. The lowest BCUT2D eigenvalue weighted by Crippen LogP contribution is -2.43. The number of aromatic nitrogens is 2. The van der Waals surface area contributed by atoms with Crippen molar-refractivity contribution in [3.8, 4) is 5.75 Å². The molecule has 26 heavy (non-hydrogen) atoms. The Morgan fingerprint density at radius 3 is 2.85 bits per heavy atom. The first-order valence-corrected chi connectivity index (χ1v) is 8.55. The van der Waals surface area contributed by atoms with Crippen LogP contribution in [0.3, 0.4) is 0 Å². The van der Waals surface area contributed by atoms with Gasteiger partial charge in [0.25, 0.3) is 0 Å². The smallest absolute Gasteiger partial charge is 0.224 e. The Balaban J connectivity index is 0.00000243. The van der Waals surface area contributed by atoms with Gasteiger partial charge in [-0.2, -0.15) is 4.98 Å². The van der Waals surface area contributed by atoms with E-state index in [2.05, 4.69) is 27.7 Å². The van der Waals surface area contributed by atoms with Gasteiger partial charge in [0.2, 0.25) is 11.8 Å². The summed E-state index contributed by atoms with van der Waals surface area (Å²) >= 11 is 0. The summed E-state index contributed by atoms with van der Waals surface area (Å²) in [4.78, 5) is 17.2. The van der Waals surface area contributed by atoms with Crippen LogP contribution in [0.4, 0.5) is 0 Å². The highest BCUT2D eigenvalue weighted by atomic mass is 35.5. The fourth-order valence-electron chi connectivity index (χ4n) is 3.25. The van der Waals surface area contributed by atoms with Gasteiger partial charge in [-0.15, -0.1) is 12.4 Å². The molecule has 3 rings (SSSR count). The third kappa shape index (κ3) is 4.53. The van der Waals surface area contributed by atoms with Gasteiger partial charge in [0.1, 0.15) is 11.8 Å². The minimum absolute atomic E-state index is 0. The predicted molar refractivity (Wildman–Crippen MR) is 99.5 cm³/mol. The van der Waals surface area contributed by atoms with Crippen LogP contribution < -0.4 is 15.4 Å². The Hall–Kier alpha value is -2.12. The average Bonchev–Trinajstić information content (AvgIpc) is 3.05. The Labute approximate surface area is 159 Å². The Bertz CT molecular complexity index is 737. The van der Waals surface area contributed by atoms with Gasteiger partial charge in [-0.1, -0.05) is 23.4 Å². The molecule has 0 radical (unpaired) electrons. The van der Waals surface area contributed by atoms with Gasteiger partial charge in [0.15, 0.2) is 5.82 Å². The molecule has 0 aliphatic carbocycles. The number of hydrogen-bond donors (Lipinski definition) is 2. The van der Waals surface area contributed by atoms with Crippen LogP contribution in [0.25, 0.3) is 0 Å². The zero-order valence-corrected chi connectivity index (χ0v) is 16.0. The second kappa shape index (κ2) is 9.00. The molecule has 1 aliphatic heterocycles. The van der Waals surface area contributed by atoms with Crippen LogP contribution in [0.15, 0.2) is 28.8 Å². The third-order valence-corrected chi connectivity index (χ3v) is 4.53. The third-order valence-electron chi connectivity index (χ3n) is 4.53. The summed E-state index contributed by atoms with van der Waals surface area (Å²) in [7, 11) is 1.60. The van der Waals surface area contributed by atoms with Crippen molar-refractivity contribution in [3.63, 3.8) is 0 Å². The van der Waals surface area contributed by atoms with Gasteiger partial charge in [0, 0.05) is 24.4 Å². The highest BCUT2D eigenvalue weighted by Gasteiger charge is 2.30. The van der Waals surface area contributed by atoms with E-state index in [1.165, 1.54) is 0 Å². The largest absolute Gasteiger partial charge is 0.496 e. The van der Waals surface area contributed by atoms with Crippen LogP contribution >= 0.6 is 12.4 Å². The molecule has 1 aliphatic rings. The molecular weight excluding hydrogens is 356 g/mol. The van der Waals surface area contributed by atoms with E-state index in [1.807, 2.05) is 24.3 Å². The van der Waals surface area contributed by atoms with E-state index in [-0.39, 0.29) is 24.2 Å². The summed E-state index contributed by atoms with van der Waals surface area (Å²) in [5, 5.41) is 10.5. The second-order valence-corrected chi connectivity index (χ2v) is 6.43. The number of nitrogens with one attached hydrogen (secondary N) is 2. The van der Waals surface area contributed by atoms with Gasteiger partial charge in [-0.3, -0.25) is 4.79 Å². The highest BCUT2D eigenvalue weighted by molar-refractivity contribution is 5.85. The summed E-state index contributed by atoms with van der Waals surface area (Å²) in [6, 6.07) is 7.37. The van der Waals surface area contributed by atoms with E-state index in [1.54, 1.807) is 14.0 Å². The molecule has 142 valence electrons. The zero-order valence-electron chi connectivity index (χ0n) is 15.2. The van der Waals surface area contributed by atoms with Gasteiger partial charge in [0.05, 0.1) is 7.11 Å². The first kappa shape index (κ1) is 20.2. The van der Waals surface area contributed by atoms with Crippen LogP contribution in [0.2, 0.25) is 0 Å². The maximum absolute atomic E-state index is 12.8. The van der Waals surface area contributed by atoms with Crippen LogP contribution in [0.5, 0.6) is 5.75 Å². The molecule has 8 heteroatoms. The normalized spacial score (nSPS) is 20.7. The van der Waals surface area contributed by atoms with Crippen molar-refractivity contribution < 1.29 is 14.1 Å². The van der Waals surface area contributed by atoms with E-state index in [0.29, 0.717) is 23.5 Å². The quantitative estimate of drug-likeness (QED) is 0.827. The molecule has 1 amide bonds. The minimum Gasteiger partial charge on any atom is -0.496 e. The topological polar surface area (TPSA) is 89.3 Å². The minimum atomic E-state index is -0.508. The van der Waals surface area contributed by atoms with Gasteiger partial charge >= 0.3 is 0 Å². The molecule has 1 aromatic heterocycles. The number of amides is 1. The molecule has 7 nitrogen and oxygen atoms in total. The standard InChI is InChI=1S/C18H24N4O3.ClH/c1-11-10-13(8-9-19-11)18(23)21-16(17-20-12(2)25-22-17)14-6-4-5-7-15(14)24-3;/h4-7,11,13,16,19H,8-10H2,1-3H3,(H,21,23);1H/t11-,13-,16?;/m0./s1. The SMILES string of the molecule is COc1ccccc1C(NC(=O)[C@H]1CCN[C@@H](C)C1)c1noc(C)n1.Cl. The Morgan fingerprint density at radius 1 is 1.42 bits per heavy atom. The molecular formula is C18H25ClN4O3. The van der Waals surface area contributed by atoms with Crippen molar-refractivity contribution in [2.45, 2.75) is 38.8 Å². The predicted octanol–water partition coefficient (Wildman–Crippen LogP) is 2.40. The number of nitrogens with zero attached hydrogens (tertiary/aromatic N) is 2. The lowest BCUT2D eigenvalue weighted by Gasteiger charge is -2.28. The lowest BCUT2D eigenvalue weighted by atomic mass is 9.92. The molecule has 3 atom stereocenters. The molecule has 0 spiro atoms. The first-order chi connectivity index (χ1) is 12.1. The van der Waals surface area contributed by atoms with Gasteiger partial charge in [-0.25, -0.2) is 0 Å². The number of benzene rings is 1. The first-order valence-electron chi connectivity index (χ1n) is 8.55. The van der Waals surface area contributed by atoms with E-state index < -0.39 is 6.04 Å². The van der Waals surface area contributed by atoms with Crippen molar-refractivity contribution in [3.05, 3.63) is 41.5 Å². The van der Waals surface area contributed by atoms with Crippen molar-refractivity contribution in [2.24, 2.45) is 5.92 Å². The van der Waals surface area contributed by atoms with Crippen molar-refractivity contribution in [1.82, 2.24) is 20.8 Å². The summed E-state index contributed by atoms with van der Waals surface area (Å²) < 4.78 is 10.6. The van der Waals surface area contributed by atoms with Crippen LogP contribution in [0.1, 0.15) is 43.1 Å². The van der Waals surface area contributed by atoms with Crippen LogP contribution in [-0.2, 0) is 4.79 Å². The van der Waals surface area contributed by atoms with E-state index in [0.717, 1.165) is 24.9 Å². The molecule has 1 aromatic carbocycles. The monoisotopic (exact) mass is 380 g/mol. The van der Waals surface area contributed by atoms with Crippen molar-refractivity contribution in [1.29, 1.82) is 0 Å². The maximum atomic E-state index is 12.8. The van der Waals surface area contributed by atoms with Crippen LogP contribution in [-0.4, -0.2) is 35.7 Å². The zero-order chi connectivity index (χ0) is 17.8. The fourth-order valence-corrected chi connectivity index (χ4v) is 3.25. The average molecular weight is 381 g/mol. The lowest BCUT2D eigenvalue weighted by molar-refractivity contribution is -0.126. The number of hydrogen-bond acceptors (Lipinski definition) is 6. The molecule has 1 saturated heterocycles. The highest BCUT2D eigenvalue weighted by Crippen LogP contribution is 2.29. The summed E-state index contributed by atoms with van der Waals surface area (Å²) in [5.41, 5.74) is 0.807. The van der Waals surface area contributed by atoms with E-state index >= 15 is 0 Å². The molecule has 1 fully saturated rings. The Kier molecular flexibility index (Phi) is 6.99. The van der Waals surface area contributed by atoms with E-state index in [9.17, 15) is 4.79 Å². The number of para-hydroxylation sites is 1. The number of rotatable bonds is 5. The number of methoxy groups -OCH3 is 1. The van der Waals surface area contributed by atoms with Crippen LogP contribution in [0, 0.1) is 12.8 Å². The number of carbonyl (C=O) groups is 1. The number of piperidine rings is 1. The number of halogens is 1. The van der Waals surface area contributed by atoms with Gasteiger partial charge in [-0.05, 0) is 32.4 Å². The molecule has 2 N–H and O–H groups in total. The molecule has 2 aromatic rings. The fraction of sp³-hybridized carbons (Fsp3) is 0.500. The van der Waals surface area contributed by atoms with E-state index in [4.69, 9.17) is 9.26 Å². The summed E-state index contributed by atoms with van der Waals surface area (Å²) in [5.74, 6) is 1.54. The van der Waals surface area contributed by atoms with Gasteiger partial charge < -0.3 is 19.9 Å². The second-order valence-electron chi connectivity index (χ2n) is 6.43. The van der Waals surface area contributed by atoms with Crippen molar-refractivity contribution >= 4 is 18.3 Å². The maximum Gasteiger partial charge on any atom is 0.224 e. The van der Waals surface area contributed by atoms with Crippen molar-refractivity contribution in [2.75, 3.05) is 13.7 Å². The number of ether oxygens (including phenoxy) is 1. The summed E-state index contributed by atoms with van der Waals surface area (Å²) in [6.07, 6.45) is 1.63.